The van der Waals surface area contributed by atoms with Gasteiger partial charge in [-0.2, -0.15) is 0 Å². The first-order valence-electron chi connectivity index (χ1n) is 5.23. The van der Waals surface area contributed by atoms with Crippen molar-refractivity contribution in [2.75, 3.05) is 13.7 Å². The molecule has 0 saturated heterocycles. The Morgan fingerprint density at radius 3 is 2.33 bits per heavy atom. The van der Waals surface area contributed by atoms with E-state index in [1.165, 1.54) is 25.7 Å². The van der Waals surface area contributed by atoms with Crippen LogP contribution in [0.15, 0.2) is 0 Å². The molecule has 72 valence electrons. The smallest absolute Gasteiger partial charge is 0.0490 e. The summed E-state index contributed by atoms with van der Waals surface area (Å²) < 4.78 is 5.18. The normalized spacial score (nSPS) is 33.2. The molecule has 1 atom stereocenters. The van der Waals surface area contributed by atoms with Gasteiger partial charge < -0.3 is 4.74 Å². The lowest BCUT2D eigenvalue weighted by Gasteiger charge is -2.30. The van der Waals surface area contributed by atoms with Crippen LogP contribution in [-0.4, -0.2) is 13.7 Å². The van der Waals surface area contributed by atoms with Crippen molar-refractivity contribution in [3.05, 3.63) is 0 Å². The standard InChI is InChI=1S/C11H22O/c1-9-4-6-11(7-5-9)10(2)8-12-3/h9-11H,4-8H2,1-3H3. The molecule has 1 unspecified atom stereocenters. The SMILES string of the molecule is COCC(C)C1CCC(C)CC1. The molecule has 1 aliphatic carbocycles. The van der Waals surface area contributed by atoms with Gasteiger partial charge in [0.05, 0.1) is 0 Å². The minimum absolute atomic E-state index is 0.766. The molecule has 0 radical (unpaired) electrons. The topological polar surface area (TPSA) is 9.23 Å². The van der Waals surface area contributed by atoms with Gasteiger partial charge in [0, 0.05) is 13.7 Å². The molecule has 1 rings (SSSR count). The lowest BCUT2D eigenvalue weighted by atomic mass is 9.77. The van der Waals surface area contributed by atoms with Crippen molar-refractivity contribution in [3.63, 3.8) is 0 Å². The Kier molecular flexibility index (Phi) is 4.07. The average molecular weight is 170 g/mol. The molecule has 12 heavy (non-hydrogen) atoms. The zero-order valence-electron chi connectivity index (χ0n) is 8.68. The van der Waals surface area contributed by atoms with Crippen LogP contribution in [0.5, 0.6) is 0 Å². The van der Waals surface area contributed by atoms with Crippen molar-refractivity contribution in [1.82, 2.24) is 0 Å². The summed E-state index contributed by atoms with van der Waals surface area (Å²) in [5, 5.41) is 0. The Hall–Kier alpha value is -0.0400. The summed E-state index contributed by atoms with van der Waals surface area (Å²) >= 11 is 0. The van der Waals surface area contributed by atoms with Crippen LogP contribution in [0, 0.1) is 17.8 Å². The van der Waals surface area contributed by atoms with Crippen LogP contribution in [0.2, 0.25) is 0 Å². The van der Waals surface area contributed by atoms with Crippen LogP contribution in [0.1, 0.15) is 39.5 Å². The predicted molar refractivity (Wildman–Crippen MR) is 52.2 cm³/mol. The summed E-state index contributed by atoms with van der Waals surface area (Å²) in [6.07, 6.45) is 5.70. The molecule has 0 aliphatic heterocycles. The van der Waals surface area contributed by atoms with Crippen LogP contribution >= 0.6 is 0 Å². The van der Waals surface area contributed by atoms with E-state index in [1.54, 1.807) is 0 Å². The Bertz CT molecular complexity index is 114. The van der Waals surface area contributed by atoms with E-state index in [4.69, 9.17) is 4.74 Å². The first-order chi connectivity index (χ1) is 5.74. The van der Waals surface area contributed by atoms with Gasteiger partial charge in [0.2, 0.25) is 0 Å². The van der Waals surface area contributed by atoms with Crippen LogP contribution in [-0.2, 0) is 4.74 Å². The van der Waals surface area contributed by atoms with Crippen molar-refractivity contribution in [3.8, 4) is 0 Å². The molecular formula is C11H22O. The molecule has 1 saturated carbocycles. The number of rotatable bonds is 3. The van der Waals surface area contributed by atoms with Crippen molar-refractivity contribution in [2.24, 2.45) is 17.8 Å². The van der Waals surface area contributed by atoms with E-state index in [1.807, 2.05) is 7.11 Å². The van der Waals surface area contributed by atoms with E-state index in [0.29, 0.717) is 0 Å². The van der Waals surface area contributed by atoms with Gasteiger partial charge in [0.25, 0.3) is 0 Å². The maximum absolute atomic E-state index is 5.18. The summed E-state index contributed by atoms with van der Waals surface area (Å²) in [7, 11) is 1.81. The van der Waals surface area contributed by atoms with Gasteiger partial charge in [-0.25, -0.2) is 0 Å². The quantitative estimate of drug-likeness (QED) is 0.632. The average Bonchev–Trinajstić information content (AvgIpc) is 2.06. The molecule has 0 aromatic carbocycles. The molecule has 0 N–H and O–H groups in total. The van der Waals surface area contributed by atoms with Crippen LogP contribution in [0.3, 0.4) is 0 Å². The van der Waals surface area contributed by atoms with E-state index in [9.17, 15) is 0 Å². The number of ether oxygens (including phenoxy) is 1. The minimum atomic E-state index is 0.766. The Labute approximate surface area is 76.5 Å². The summed E-state index contributed by atoms with van der Waals surface area (Å²) in [5.74, 6) is 2.67. The van der Waals surface area contributed by atoms with Gasteiger partial charge in [0.1, 0.15) is 0 Å². The molecule has 0 aromatic rings. The zero-order chi connectivity index (χ0) is 8.97. The second-order valence-corrected chi connectivity index (χ2v) is 4.45. The lowest BCUT2D eigenvalue weighted by Crippen LogP contribution is -2.21. The molecule has 0 bridgehead atoms. The van der Waals surface area contributed by atoms with E-state index in [-0.39, 0.29) is 0 Å². The van der Waals surface area contributed by atoms with Gasteiger partial charge in [-0.05, 0) is 30.6 Å². The van der Waals surface area contributed by atoms with Gasteiger partial charge in [-0.15, -0.1) is 0 Å². The van der Waals surface area contributed by atoms with Crippen LogP contribution in [0.4, 0.5) is 0 Å². The molecular weight excluding hydrogens is 148 g/mol. The number of hydrogen-bond acceptors (Lipinski definition) is 1. The fourth-order valence-corrected chi connectivity index (χ4v) is 2.25. The summed E-state index contributed by atoms with van der Waals surface area (Å²) in [5.41, 5.74) is 0. The molecule has 0 spiro atoms. The molecule has 1 nitrogen and oxygen atoms in total. The van der Waals surface area contributed by atoms with Crippen molar-refractivity contribution < 1.29 is 4.74 Å². The minimum Gasteiger partial charge on any atom is -0.384 e. The van der Waals surface area contributed by atoms with E-state index in [0.717, 1.165) is 24.4 Å². The summed E-state index contributed by atoms with van der Waals surface area (Å²) in [6, 6.07) is 0. The highest BCUT2D eigenvalue weighted by molar-refractivity contribution is 4.73. The highest BCUT2D eigenvalue weighted by atomic mass is 16.5. The predicted octanol–water partition coefficient (Wildman–Crippen LogP) is 3.10. The number of hydrogen-bond donors (Lipinski definition) is 0. The second-order valence-electron chi connectivity index (χ2n) is 4.45. The highest BCUT2D eigenvalue weighted by Gasteiger charge is 2.22. The monoisotopic (exact) mass is 170 g/mol. The van der Waals surface area contributed by atoms with Gasteiger partial charge in [-0.3, -0.25) is 0 Å². The van der Waals surface area contributed by atoms with Gasteiger partial charge in [0.15, 0.2) is 0 Å². The summed E-state index contributed by atoms with van der Waals surface area (Å²) in [4.78, 5) is 0. The van der Waals surface area contributed by atoms with Gasteiger partial charge in [-0.1, -0.05) is 26.7 Å². The molecule has 1 fully saturated rings. The number of methoxy groups -OCH3 is 1. The van der Waals surface area contributed by atoms with Gasteiger partial charge >= 0.3 is 0 Å². The fraction of sp³-hybridized carbons (Fsp3) is 1.00. The van der Waals surface area contributed by atoms with Crippen molar-refractivity contribution in [2.45, 2.75) is 39.5 Å². The van der Waals surface area contributed by atoms with Crippen LogP contribution in [0.25, 0.3) is 0 Å². The summed E-state index contributed by atoms with van der Waals surface area (Å²) in [6.45, 7) is 5.64. The third kappa shape index (κ3) is 2.78. The molecule has 0 amide bonds. The molecule has 1 heteroatoms. The van der Waals surface area contributed by atoms with E-state index in [2.05, 4.69) is 13.8 Å². The molecule has 0 heterocycles. The Morgan fingerprint density at radius 2 is 1.83 bits per heavy atom. The first kappa shape index (κ1) is 10.0. The maximum atomic E-state index is 5.18. The molecule has 1 aliphatic rings. The Balaban J connectivity index is 2.24. The maximum Gasteiger partial charge on any atom is 0.0490 e. The largest absolute Gasteiger partial charge is 0.384 e. The Morgan fingerprint density at radius 1 is 1.25 bits per heavy atom. The van der Waals surface area contributed by atoms with Crippen molar-refractivity contribution in [1.29, 1.82) is 0 Å². The second kappa shape index (κ2) is 4.86. The highest BCUT2D eigenvalue weighted by Crippen LogP contribution is 2.32. The lowest BCUT2D eigenvalue weighted by molar-refractivity contribution is 0.107. The third-order valence-electron chi connectivity index (χ3n) is 3.29. The zero-order valence-corrected chi connectivity index (χ0v) is 8.68. The first-order valence-corrected chi connectivity index (χ1v) is 5.23. The van der Waals surface area contributed by atoms with Crippen LogP contribution < -0.4 is 0 Å². The molecule has 0 aromatic heterocycles. The van der Waals surface area contributed by atoms with E-state index < -0.39 is 0 Å². The van der Waals surface area contributed by atoms with Crippen molar-refractivity contribution >= 4 is 0 Å². The van der Waals surface area contributed by atoms with E-state index >= 15 is 0 Å². The third-order valence-corrected chi connectivity index (χ3v) is 3.29. The fourth-order valence-electron chi connectivity index (χ4n) is 2.25.